The molecule has 3 aliphatic rings. The molecule has 1 aromatic carbocycles. The zero-order chi connectivity index (χ0) is 14.3. The van der Waals surface area contributed by atoms with Crippen LogP contribution >= 0.6 is 0 Å². The summed E-state index contributed by atoms with van der Waals surface area (Å²) in [5.41, 5.74) is 0.730. The maximum absolute atomic E-state index is 12.1. The Labute approximate surface area is 123 Å². The van der Waals surface area contributed by atoms with Crippen molar-refractivity contribution in [3.63, 3.8) is 0 Å². The summed E-state index contributed by atoms with van der Waals surface area (Å²) < 4.78 is 17.3. The molecular formula is C16H19NO4. The van der Waals surface area contributed by atoms with Gasteiger partial charge in [0.05, 0.1) is 0 Å². The Kier molecular flexibility index (Phi) is 3.03. The maximum atomic E-state index is 12.1. The predicted molar refractivity (Wildman–Crippen MR) is 76.5 cm³/mol. The Bertz CT molecular complexity index is 559. The van der Waals surface area contributed by atoms with Crippen molar-refractivity contribution in [3.8, 4) is 11.5 Å². The number of carbonyl (C=O) groups excluding carboxylic acids is 1. The minimum Gasteiger partial charge on any atom is -0.448 e. The van der Waals surface area contributed by atoms with Crippen LogP contribution in [0.15, 0.2) is 18.2 Å². The summed E-state index contributed by atoms with van der Waals surface area (Å²) in [4.78, 5) is 12.1. The number of benzene rings is 1. The first-order chi connectivity index (χ1) is 10.2. The number of amides is 1. The van der Waals surface area contributed by atoms with Crippen molar-refractivity contribution < 1.29 is 19.0 Å². The van der Waals surface area contributed by atoms with E-state index in [4.69, 9.17) is 14.2 Å². The van der Waals surface area contributed by atoms with Gasteiger partial charge in [-0.1, -0.05) is 0 Å². The van der Waals surface area contributed by atoms with E-state index in [9.17, 15) is 4.79 Å². The Hall–Kier alpha value is -1.75. The van der Waals surface area contributed by atoms with Crippen LogP contribution in [0.3, 0.4) is 0 Å². The molecule has 2 heterocycles. The number of hydrogen-bond donors (Lipinski definition) is 1. The van der Waals surface area contributed by atoms with Crippen LogP contribution in [0.4, 0.5) is 5.69 Å². The van der Waals surface area contributed by atoms with Crippen LogP contribution in [0.5, 0.6) is 11.5 Å². The minimum atomic E-state index is -0.459. The van der Waals surface area contributed by atoms with Gasteiger partial charge in [-0.25, -0.2) is 0 Å². The van der Waals surface area contributed by atoms with Crippen LogP contribution in [0.1, 0.15) is 38.5 Å². The van der Waals surface area contributed by atoms with Crippen LogP contribution in [0, 0.1) is 0 Å². The number of nitrogens with one attached hydrogen (secondary N) is 1. The lowest BCUT2D eigenvalue weighted by molar-refractivity contribution is -0.124. The number of fused-ring (bicyclic) bond motifs is 1. The van der Waals surface area contributed by atoms with Gasteiger partial charge in [-0.2, -0.15) is 0 Å². The lowest BCUT2D eigenvalue weighted by Gasteiger charge is -2.21. The molecule has 5 heteroatoms. The van der Waals surface area contributed by atoms with Crippen molar-refractivity contribution >= 4 is 11.6 Å². The normalized spacial score (nSPS) is 25.4. The van der Waals surface area contributed by atoms with Crippen LogP contribution in [-0.2, 0) is 9.53 Å². The van der Waals surface area contributed by atoms with Crippen molar-refractivity contribution in [2.45, 2.75) is 50.4 Å². The molecule has 0 aromatic heterocycles. The number of carbonyl (C=O) groups is 1. The van der Waals surface area contributed by atoms with Crippen LogP contribution in [0.2, 0.25) is 0 Å². The highest BCUT2D eigenvalue weighted by molar-refractivity contribution is 5.94. The Morgan fingerprint density at radius 3 is 2.71 bits per heavy atom. The third kappa shape index (κ3) is 2.35. The molecule has 1 saturated heterocycles. The van der Waals surface area contributed by atoms with Gasteiger partial charge in [0.15, 0.2) is 11.5 Å². The second-order valence-corrected chi connectivity index (χ2v) is 5.97. The van der Waals surface area contributed by atoms with Crippen molar-refractivity contribution in [2.75, 3.05) is 11.9 Å². The van der Waals surface area contributed by atoms with E-state index in [2.05, 4.69) is 5.32 Å². The second kappa shape index (κ2) is 4.91. The fourth-order valence-electron chi connectivity index (χ4n) is 3.30. The smallest absolute Gasteiger partial charge is 0.253 e. The van der Waals surface area contributed by atoms with Gasteiger partial charge in [-0.05, 0) is 37.8 Å². The van der Waals surface area contributed by atoms with E-state index in [-0.39, 0.29) is 12.0 Å². The summed E-state index contributed by atoms with van der Waals surface area (Å²) in [6.45, 7) is 0.668. The monoisotopic (exact) mass is 289 g/mol. The van der Waals surface area contributed by atoms with Crippen LogP contribution in [0.25, 0.3) is 0 Å². The SMILES string of the molecule is O=C(Nc1ccc2c(c1)OC1(CCCC1)O2)C1CCCO1. The second-order valence-electron chi connectivity index (χ2n) is 5.97. The van der Waals surface area contributed by atoms with Crippen molar-refractivity contribution in [3.05, 3.63) is 18.2 Å². The topological polar surface area (TPSA) is 56.8 Å². The van der Waals surface area contributed by atoms with E-state index < -0.39 is 5.79 Å². The highest BCUT2D eigenvalue weighted by Crippen LogP contribution is 2.47. The zero-order valence-electron chi connectivity index (χ0n) is 11.9. The van der Waals surface area contributed by atoms with Gasteiger partial charge in [-0.15, -0.1) is 0 Å². The largest absolute Gasteiger partial charge is 0.448 e. The standard InChI is InChI=1S/C16H19NO4/c18-15(13-4-3-9-19-13)17-11-5-6-12-14(10-11)21-16(20-12)7-1-2-8-16/h5-6,10,13H,1-4,7-9H2,(H,17,18). The third-order valence-corrected chi connectivity index (χ3v) is 4.39. The highest BCUT2D eigenvalue weighted by Gasteiger charge is 2.44. The molecule has 0 bridgehead atoms. The van der Waals surface area contributed by atoms with Gasteiger partial charge in [0.2, 0.25) is 0 Å². The van der Waals surface area contributed by atoms with Gasteiger partial charge in [-0.3, -0.25) is 4.79 Å². The molecule has 1 aliphatic carbocycles. The van der Waals surface area contributed by atoms with Crippen molar-refractivity contribution in [1.29, 1.82) is 0 Å². The Balaban J connectivity index is 1.48. The van der Waals surface area contributed by atoms with Crippen LogP contribution < -0.4 is 14.8 Å². The summed E-state index contributed by atoms with van der Waals surface area (Å²) in [5, 5.41) is 2.89. The predicted octanol–water partition coefficient (Wildman–Crippen LogP) is 2.85. The highest BCUT2D eigenvalue weighted by atomic mass is 16.7. The number of ether oxygens (including phenoxy) is 3. The summed E-state index contributed by atoms with van der Waals surface area (Å²) in [7, 11) is 0. The summed E-state index contributed by atoms with van der Waals surface area (Å²) in [6.07, 6.45) is 5.55. The Morgan fingerprint density at radius 2 is 1.95 bits per heavy atom. The van der Waals surface area contributed by atoms with Crippen molar-refractivity contribution in [2.24, 2.45) is 0 Å². The first-order valence-electron chi connectivity index (χ1n) is 7.69. The number of anilines is 1. The lowest BCUT2D eigenvalue weighted by atomic mass is 10.2. The summed E-state index contributed by atoms with van der Waals surface area (Å²) in [6, 6.07) is 5.56. The lowest BCUT2D eigenvalue weighted by Crippen LogP contribution is -2.34. The van der Waals surface area contributed by atoms with E-state index in [1.165, 1.54) is 0 Å². The minimum absolute atomic E-state index is 0.0815. The van der Waals surface area contributed by atoms with Crippen LogP contribution in [-0.4, -0.2) is 24.4 Å². The van der Waals surface area contributed by atoms with E-state index >= 15 is 0 Å². The Morgan fingerprint density at radius 1 is 1.14 bits per heavy atom. The van der Waals surface area contributed by atoms with E-state index in [1.807, 2.05) is 18.2 Å². The zero-order valence-corrected chi connectivity index (χ0v) is 11.9. The molecule has 4 rings (SSSR count). The quantitative estimate of drug-likeness (QED) is 0.909. The van der Waals surface area contributed by atoms with Gasteiger partial charge < -0.3 is 19.5 Å². The third-order valence-electron chi connectivity index (χ3n) is 4.39. The van der Waals surface area contributed by atoms with E-state index in [0.717, 1.165) is 55.7 Å². The first kappa shape index (κ1) is 13.0. The first-order valence-corrected chi connectivity index (χ1v) is 7.69. The number of hydrogen-bond acceptors (Lipinski definition) is 4. The molecule has 1 atom stereocenters. The average Bonchev–Trinajstić information content (AvgIpc) is 3.19. The molecule has 1 spiro atoms. The molecule has 21 heavy (non-hydrogen) atoms. The summed E-state index contributed by atoms with van der Waals surface area (Å²) in [5.74, 6) is 0.954. The molecule has 1 saturated carbocycles. The molecule has 1 N–H and O–H groups in total. The van der Waals surface area contributed by atoms with E-state index in [0.29, 0.717) is 6.61 Å². The van der Waals surface area contributed by atoms with Gasteiger partial charge >= 0.3 is 0 Å². The van der Waals surface area contributed by atoms with E-state index in [1.54, 1.807) is 0 Å². The summed E-state index contributed by atoms with van der Waals surface area (Å²) >= 11 is 0. The molecule has 1 amide bonds. The van der Waals surface area contributed by atoms with Gasteiger partial charge in [0, 0.05) is 31.2 Å². The molecular weight excluding hydrogens is 270 g/mol. The molecule has 0 radical (unpaired) electrons. The maximum Gasteiger partial charge on any atom is 0.253 e. The van der Waals surface area contributed by atoms with Crippen molar-refractivity contribution in [1.82, 2.24) is 0 Å². The molecule has 2 fully saturated rings. The molecule has 2 aliphatic heterocycles. The molecule has 5 nitrogen and oxygen atoms in total. The molecule has 1 unspecified atom stereocenters. The molecule has 112 valence electrons. The van der Waals surface area contributed by atoms with Gasteiger partial charge in [0.25, 0.3) is 11.7 Å². The fraction of sp³-hybridized carbons (Fsp3) is 0.562. The average molecular weight is 289 g/mol. The number of rotatable bonds is 2. The van der Waals surface area contributed by atoms with Gasteiger partial charge in [0.1, 0.15) is 6.10 Å². The fourth-order valence-corrected chi connectivity index (χ4v) is 3.30. The molecule has 1 aromatic rings.